The molecule has 0 amide bonds. The molecule has 0 aliphatic heterocycles. The molecule has 1 aromatic rings. The standard InChI is InChI=1S/C13H24N2O3/c1-5-16-13(17-6-2)7-8-14-9-12-15-10(3)11(4)18-12/h13-14H,5-9H2,1-4H3. The van der Waals surface area contributed by atoms with Crippen LogP contribution in [-0.4, -0.2) is 31.0 Å². The molecular weight excluding hydrogens is 232 g/mol. The third-order valence-electron chi connectivity index (χ3n) is 2.61. The largest absolute Gasteiger partial charge is 0.444 e. The Bertz CT molecular complexity index is 313. The lowest BCUT2D eigenvalue weighted by Gasteiger charge is -2.16. The highest BCUT2D eigenvalue weighted by atomic mass is 16.7. The summed E-state index contributed by atoms with van der Waals surface area (Å²) in [5.41, 5.74) is 0.952. The molecule has 18 heavy (non-hydrogen) atoms. The first-order chi connectivity index (χ1) is 8.67. The summed E-state index contributed by atoms with van der Waals surface area (Å²) >= 11 is 0. The fraction of sp³-hybridized carbons (Fsp3) is 0.769. The molecule has 104 valence electrons. The van der Waals surface area contributed by atoms with Gasteiger partial charge in [0.2, 0.25) is 5.89 Å². The average molecular weight is 256 g/mol. The summed E-state index contributed by atoms with van der Waals surface area (Å²) in [4.78, 5) is 4.31. The van der Waals surface area contributed by atoms with Crippen molar-refractivity contribution in [1.82, 2.24) is 10.3 Å². The van der Waals surface area contributed by atoms with Gasteiger partial charge in [-0.3, -0.25) is 0 Å². The van der Waals surface area contributed by atoms with Crippen LogP contribution in [-0.2, 0) is 16.0 Å². The van der Waals surface area contributed by atoms with Crippen LogP contribution in [0, 0.1) is 13.8 Å². The zero-order valence-electron chi connectivity index (χ0n) is 11.8. The molecule has 0 bridgehead atoms. The number of hydrogen-bond acceptors (Lipinski definition) is 5. The summed E-state index contributed by atoms with van der Waals surface area (Å²) < 4.78 is 16.4. The molecule has 0 fully saturated rings. The van der Waals surface area contributed by atoms with E-state index in [1.165, 1.54) is 0 Å². The highest BCUT2D eigenvalue weighted by Crippen LogP contribution is 2.07. The minimum Gasteiger partial charge on any atom is -0.444 e. The fourth-order valence-corrected chi connectivity index (χ4v) is 1.62. The molecule has 1 heterocycles. The molecule has 0 saturated carbocycles. The van der Waals surface area contributed by atoms with E-state index in [2.05, 4.69) is 10.3 Å². The van der Waals surface area contributed by atoms with Crippen molar-refractivity contribution in [2.45, 2.75) is 47.0 Å². The van der Waals surface area contributed by atoms with E-state index in [9.17, 15) is 0 Å². The predicted molar refractivity (Wildman–Crippen MR) is 69.3 cm³/mol. The minimum atomic E-state index is -0.125. The monoisotopic (exact) mass is 256 g/mol. The van der Waals surface area contributed by atoms with Gasteiger partial charge in [0, 0.05) is 26.2 Å². The number of nitrogens with zero attached hydrogens (tertiary/aromatic N) is 1. The summed E-state index contributed by atoms with van der Waals surface area (Å²) in [5, 5.41) is 3.27. The molecular formula is C13H24N2O3. The van der Waals surface area contributed by atoms with Crippen LogP contribution in [0.4, 0.5) is 0 Å². The van der Waals surface area contributed by atoms with Crippen LogP contribution in [0.15, 0.2) is 4.42 Å². The Morgan fingerprint density at radius 2 is 1.89 bits per heavy atom. The SMILES string of the molecule is CCOC(CCNCc1nc(C)c(C)o1)OCC. The maximum Gasteiger partial charge on any atom is 0.208 e. The van der Waals surface area contributed by atoms with Crippen LogP contribution in [0.25, 0.3) is 0 Å². The van der Waals surface area contributed by atoms with Crippen molar-refractivity contribution in [3.8, 4) is 0 Å². The third kappa shape index (κ3) is 5.16. The zero-order valence-corrected chi connectivity index (χ0v) is 11.8. The molecule has 5 heteroatoms. The second-order valence-electron chi connectivity index (χ2n) is 4.05. The van der Waals surface area contributed by atoms with Gasteiger partial charge in [-0.25, -0.2) is 4.98 Å². The Morgan fingerprint density at radius 1 is 1.22 bits per heavy atom. The van der Waals surface area contributed by atoms with Crippen LogP contribution in [0.5, 0.6) is 0 Å². The average Bonchev–Trinajstić information content (AvgIpc) is 2.65. The molecule has 1 aromatic heterocycles. The van der Waals surface area contributed by atoms with Gasteiger partial charge >= 0.3 is 0 Å². The van der Waals surface area contributed by atoms with Crippen LogP contribution in [0.2, 0.25) is 0 Å². The highest BCUT2D eigenvalue weighted by Gasteiger charge is 2.08. The number of ether oxygens (including phenoxy) is 2. The smallest absolute Gasteiger partial charge is 0.208 e. The number of oxazole rings is 1. The predicted octanol–water partition coefficient (Wildman–Crippen LogP) is 2.17. The van der Waals surface area contributed by atoms with E-state index < -0.39 is 0 Å². The van der Waals surface area contributed by atoms with Crippen molar-refractivity contribution < 1.29 is 13.9 Å². The summed E-state index contributed by atoms with van der Waals surface area (Å²) in [7, 11) is 0. The van der Waals surface area contributed by atoms with Gasteiger partial charge in [0.05, 0.1) is 12.2 Å². The number of hydrogen-bond donors (Lipinski definition) is 1. The maximum absolute atomic E-state index is 5.48. The topological polar surface area (TPSA) is 56.5 Å². The Hall–Kier alpha value is -0.910. The Morgan fingerprint density at radius 3 is 2.39 bits per heavy atom. The van der Waals surface area contributed by atoms with E-state index in [-0.39, 0.29) is 6.29 Å². The number of aromatic nitrogens is 1. The van der Waals surface area contributed by atoms with E-state index in [0.29, 0.717) is 19.8 Å². The van der Waals surface area contributed by atoms with Crippen molar-refractivity contribution >= 4 is 0 Å². The van der Waals surface area contributed by atoms with E-state index >= 15 is 0 Å². The Balaban J connectivity index is 2.20. The molecule has 0 saturated heterocycles. The molecule has 5 nitrogen and oxygen atoms in total. The van der Waals surface area contributed by atoms with Gasteiger partial charge in [0.1, 0.15) is 5.76 Å². The number of rotatable bonds is 9. The summed E-state index contributed by atoms with van der Waals surface area (Å²) in [5.74, 6) is 1.61. The lowest BCUT2D eigenvalue weighted by molar-refractivity contribution is -0.138. The zero-order chi connectivity index (χ0) is 13.4. The molecule has 0 aliphatic rings. The molecule has 0 aromatic carbocycles. The third-order valence-corrected chi connectivity index (χ3v) is 2.61. The lowest BCUT2D eigenvalue weighted by Crippen LogP contribution is -2.24. The molecule has 0 aliphatic carbocycles. The highest BCUT2D eigenvalue weighted by molar-refractivity contribution is 5.04. The van der Waals surface area contributed by atoms with Gasteiger partial charge in [-0.1, -0.05) is 0 Å². The van der Waals surface area contributed by atoms with Gasteiger partial charge in [0.15, 0.2) is 6.29 Å². The van der Waals surface area contributed by atoms with Crippen LogP contribution < -0.4 is 5.32 Å². The first-order valence-electron chi connectivity index (χ1n) is 6.54. The van der Waals surface area contributed by atoms with Gasteiger partial charge in [-0.2, -0.15) is 0 Å². The van der Waals surface area contributed by atoms with E-state index in [4.69, 9.17) is 13.9 Å². The second kappa shape index (κ2) is 8.24. The lowest BCUT2D eigenvalue weighted by atomic mass is 10.4. The number of aryl methyl sites for hydroxylation is 2. The molecule has 0 atom stereocenters. The molecule has 1 rings (SSSR count). The van der Waals surface area contributed by atoms with Gasteiger partial charge < -0.3 is 19.2 Å². The van der Waals surface area contributed by atoms with E-state index in [1.807, 2.05) is 27.7 Å². The molecule has 1 N–H and O–H groups in total. The Labute approximate surface area is 109 Å². The first kappa shape index (κ1) is 15.1. The molecule has 0 radical (unpaired) electrons. The second-order valence-corrected chi connectivity index (χ2v) is 4.05. The van der Waals surface area contributed by atoms with Gasteiger partial charge in [0.25, 0.3) is 0 Å². The summed E-state index contributed by atoms with van der Waals surface area (Å²) in [6, 6.07) is 0. The summed E-state index contributed by atoms with van der Waals surface area (Å²) in [6.45, 7) is 10.6. The summed E-state index contributed by atoms with van der Waals surface area (Å²) in [6.07, 6.45) is 0.695. The number of nitrogens with one attached hydrogen (secondary N) is 1. The van der Waals surface area contributed by atoms with Crippen LogP contribution in [0.1, 0.15) is 37.6 Å². The van der Waals surface area contributed by atoms with E-state index in [0.717, 1.165) is 30.3 Å². The first-order valence-corrected chi connectivity index (χ1v) is 6.54. The normalized spacial score (nSPS) is 11.4. The quantitative estimate of drug-likeness (QED) is 0.542. The van der Waals surface area contributed by atoms with Crippen LogP contribution in [0.3, 0.4) is 0 Å². The molecule has 0 unspecified atom stereocenters. The van der Waals surface area contributed by atoms with Crippen LogP contribution >= 0.6 is 0 Å². The van der Waals surface area contributed by atoms with Crippen molar-refractivity contribution in [3.63, 3.8) is 0 Å². The maximum atomic E-state index is 5.48. The van der Waals surface area contributed by atoms with Crippen molar-refractivity contribution in [1.29, 1.82) is 0 Å². The van der Waals surface area contributed by atoms with E-state index in [1.54, 1.807) is 0 Å². The minimum absolute atomic E-state index is 0.125. The Kier molecular flexibility index (Phi) is 6.93. The van der Waals surface area contributed by atoms with Gasteiger partial charge in [-0.15, -0.1) is 0 Å². The van der Waals surface area contributed by atoms with Crippen molar-refractivity contribution in [3.05, 3.63) is 17.3 Å². The van der Waals surface area contributed by atoms with Crippen molar-refractivity contribution in [2.24, 2.45) is 0 Å². The molecule has 0 spiro atoms. The van der Waals surface area contributed by atoms with Gasteiger partial charge in [-0.05, 0) is 27.7 Å². The van der Waals surface area contributed by atoms with Crippen molar-refractivity contribution in [2.75, 3.05) is 19.8 Å². The fourth-order valence-electron chi connectivity index (χ4n) is 1.62.